The lowest BCUT2D eigenvalue weighted by Gasteiger charge is -2.39. The largest absolute Gasteiger partial charge is 0.491 e. The molecule has 2 aliphatic rings. The summed E-state index contributed by atoms with van der Waals surface area (Å²) < 4.78 is 6.05. The Morgan fingerprint density at radius 2 is 1.77 bits per heavy atom. The third kappa shape index (κ3) is 3.64. The first-order chi connectivity index (χ1) is 14.5. The molecule has 1 N–H and O–H groups in total. The number of para-hydroxylation sites is 1. The molecular formula is C26H26N2O2. The Hall–Kier alpha value is -3.32. The van der Waals surface area contributed by atoms with Crippen LogP contribution in [0.25, 0.3) is 0 Å². The number of ether oxygens (including phenoxy) is 1. The van der Waals surface area contributed by atoms with E-state index in [1.807, 2.05) is 63.2 Å². The van der Waals surface area contributed by atoms with E-state index in [2.05, 4.69) is 29.6 Å². The number of ketones is 1. The molecule has 1 aliphatic heterocycles. The van der Waals surface area contributed by atoms with E-state index in [-0.39, 0.29) is 23.7 Å². The molecule has 2 aromatic carbocycles. The zero-order valence-electron chi connectivity index (χ0n) is 17.6. The van der Waals surface area contributed by atoms with Gasteiger partial charge in [-0.3, -0.25) is 4.79 Å². The van der Waals surface area contributed by atoms with E-state index >= 15 is 0 Å². The lowest BCUT2D eigenvalue weighted by atomic mass is 9.68. The molecule has 0 amide bonds. The van der Waals surface area contributed by atoms with Gasteiger partial charge in [0.2, 0.25) is 0 Å². The Labute approximate surface area is 177 Å². The molecule has 4 rings (SSSR count). The lowest BCUT2D eigenvalue weighted by molar-refractivity contribution is -0.123. The van der Waals surface area contributed by atoms with Gasteiger partial charge in [0.05, 0.1) is 23.7 Å². The first kappa shape index (κ1) is 20.0. The van der Waals surface area contributed by atoms with Gasteiger partial charge in [-0.05, 0) is 32.4 Å². The van der Waals surface area contributed by atoms with Gasteiger partial charge in [-0.15, -0.1) is 0 Å². The zero-order chi connectivity index (χ0) is 21.3. The zero-order valence-corrected chi connectivity index (χ0v) is 17.6. The Bertz CT molecular complexity index is 1060. The summed E-state index contributed by atoms with van der Waals surface area (Å²) in [4.78, 5) is 13.4. The number of Topliss-reactive ketones (excluding diaryl/α,β-unsaturated/α-hetero) is 1. The molecule has 0 spiro atoms. The van der Waals surface area contributed by atoms with E-state index in [4.69, 9.17) is 4.74 Å². The van der Waals surface area contributed by atoms with Crippen molar-refractivity contribution in [2.75, 3.05) is 0 Å². The van der Waals surface area contributed by atoms with Crippen LogP contribution in [0.1, 0.15) is 50.2 Å². The van der Waals surface area contributed by atoms with Crippen molar-refractivity contribution in [3.05, 3.63) is 88.8 Å². The van der Waals surface area contributed by atoms with Crippen molar-refractivity contribution in [2.24, 2.45) is 5.92 Å². The average molecular weight is 399 g/mol. The summed E-state index contributed by atoms with van der Waals surface area (Å²) in [6, 6.07) is 20.2. The first-order valence-corrected chi connectivity index (χ1v) is 10.4. The third-order valence-corrected chi connectivity index (χ3v) is 5.83. The van der Waals surface area contributed by atoms with Crippen molar-refractivity contribution in [3.8, 4) is 11.8 Å². The molecule has 0 saturated heterocycles. The second-order valence-corrected chi connectivity index (χ2v) is 8.24. The highest BCUT2D eigenvalue weighted by Crippen LogP contribution is 2.47. The fraction of sp³-hybridized carbons (Fsp3) is 0.308. The summed E-state index contributed by atoms with van der Waals surface area (Å²) in [5, 5.41) is 13.3. The number of rotatable bonds is 4. The SMILES string of the molecule is CC1=C(C#N)C(c2ccccc2OC(C)C)C2C(=O)CC(c3ccccc3)C=C2N1. The van der Waals surface area contributed by atoms with Crippen molar-refractivity contribution in [2.45, 2.75) is 45.1 Å². The number of nitriles is 1. The molecular weight excluding hydrogens is 372 g/mol. The van der Waals surface area contributed by atoms with Crippen molar-refractivity contribution in [1.29, 1.82) is 5.26 Å². The minimum Gasteiger partial charge on any atom is -0.491 e. The van der Waals surface area contributed by atoms with E-state index in [9.17, 15) is 10.1 Å². The fourth-order valence-electron chi connectivity index (χ4n) is 4.57. The summed E-state index contributed by atoms with van der Waals surface area (Å²) >= 11 is 0. The van der Waals surface area contributed by atoms with Gasteiger partial charge >= 0.3 is 0 Å². The lowest BCUT2D eigenvalue weighted by Crippen LogP contribution is -2.40. The van der Waals surface area contributed by atoms with Crippen molar-refractivity contribution in [3.63, 3.8) is 0 Å². The molecule has 4 heteroatoms. The number of nitrogens with zero attached hydrogens (tertiary/aromatic N) is 1. The summed E-state index contributed by atoms with van der Waals surface area (Å²) in [5.74, 6) is 0.175. The predicted molar refractivity (Wildman–Crippen MR) is 117 cm³/mol. The number of carbonyl (C=O) groups excluding carboxylic acids is 1. The summed E-state index contributed by atoms with van der Waals surface area (Å²) in [6.45, 7) is 5.87. The highest BCUT2D eigenvalue weighted by Gasteiger charge is 2.43. The molecule has 0 radical (unpaired) electrons. The first-order valence-electron chi connectivity index (χ1n) is 10.4. The molecule has 3 atom stereocenters. The second kappa shape index (κ2) is 8.20. The number of nitrogens with one attached hydrogen (secondary N) is 1. The third-order valence-electron chi connectivity index (χ3n) is 5.83. The molecule has 0 bridgehead atoms. The van der Waals surface area contributed by atoms with Gasteiger partial charge < -0.3 is 10.1 Å². The quantitative estimate of drug-likeness (QED) is 0.767. The smallest absolute Gasteiger partial charge is 0.143 e. The molecule has 4 nitrogen and oxygen atoms in total. The van der Waals surface area contributed by atoms with Crippen LogP contribution >= 0.6 is 0 Å². The number of carbonyl (C=O) groups is 1. The van der Waals surface area contributed by atoms with Crippen LogP contribution in [0.15, 0.2) is 77.6 Å². The number of allylic oxidation sites excluding steroid dienone is 4. The molecule has 0 fully saturated rings. The molecule has 3 unspecified atom stereocenters. The molecule has 152 valence electrons. The summed E-state index contributed by atoms with van der Waals surface area (Å²) in [5.41, 5.74) is 4.31. The van der Waals surface area contributed by atoms with Gasteiger partial charge in [-0.2, -0.15) is 5.26 Å². The van der Waals surface area contributed by atoms with Crippen LogP contribution in [0.2, 0.25) is 0 Å². The summed E-state index contributed by atoms with van der Waals surface area (Å²) in [6.07, 6.45) is 2.60. The molecule has 0 aromatic heterocycles. The monoisotopic (exact) mass is 398 g/mol. The number of hydrogen-bond donors (Lipinski definition) is 1. The van der Waals surface area contributed by atoms with Crippen LogP contribution in [0, 0.1) is 17.2 Å². The van der Waals surface area contributed by atoms with Crippen LogP contribution in [-0.2, 0) is 4.79 Å². The highest BCUT2D eigenvalue weighted by atomic mass is 16.5. The maximum Gasteiger partial charge on any atom is 0.143 e. The van der Waals surface area contributed by atoms with Gasteiger partial charge in [0.1, 0.15) is 11.5 Å². The van der Waals surface area contributed by atoms with E-state index < -0.39 is 5.92 Å². The van der Waals surface area contributed by atoms with Gasteiger partial charge in [-0.25, -0.2) is 0 Å². The van der Waals surface area contributed by atoms with Gasteiger partial charge in [0.25, 0.3) is 0 Å². The molecule has 30 heavy (non-hydrogen) atoms. The van der Waals surface area contributed by atoms with E-state index in [1.165, 1.54) is 0 Å². The second-order valence-electron chi connectivity index (χ2n) is 8.24. The predicted octanol–water partition coefficient (Wildman–Crippen LogP) is 5.21. The molecule has 0 saturated carbocycles. The van der Waals surface area contributed by atoms with Crippen molar-refractivity contribution in [1.82, 2.24) is 5.32 Å². The molecule has 1 heterocycles. The highest BCUT2D eigenvalue weighted by molar-refractivity contribution is 5.89. The Balaban J connectivity index is 1.83. The van der Waals surface area contributed by atoms with Crippen molar-refractivity contribution < 1.29 is 9.53 Å². The van der Waals surface area contributed by atoms with Crippen LogP contribution in [-0.4, -0.2) is 11.9 Å². The Kier molecular flexibility index (Phi) is 5.46. The van der Waals surface area contributed by atoms with E-state index in [1.54, 1.807) is 0 Å². The van der Waals surface area contributed by atoms with Crippen molar-refractivity contribution >= 4 is 5.78 Å². The summed E-state index contributed by atoms with van der Waals surface area (Å²) in [7, 11) is 0. The Morgan fingerprint density at radius 3 is 2.47 bits per heavy atom. The average Bonchev–Trinajstić information content (AvgIpc) is 2.73. The van der Waals surface area contributed by atoms with Crippen LogP contribution in [0.5, 0.6) is 5.75 Å². The maximum absolute atomic E-state index is 13.4. The van der Waals surface area contributed by atoms with E-state index in [0.717, 1.165) is 28.3 Å². The fourth-order valence-corrected chi connectivity index (χ4v) is 4.57. The molecule has 2 aromatic rings. The number of fused-ring (bicyclic) bond motifs is 1. The minimum atomic E-state index is -0.403. The maximum atomic E-state index is 13.4. The van der Waals surface area contributed by atoms with E-state index in [0.29, 0.717) is 12.0 Å². The topological polar surface area (TPSA) is 62.1 Å². The van der Waals surface area contributed by atoms with Gasteiger partial charge in [-0.1, -0.05) is 54.6 Å². The molecule has 1 aliphatic carbocycles. The van der Waals surface area contributed by atoms with Crippen LogP contribution < -0.4 is 10.1 Å². The number of hydrogen-bond acceptors (Lipinski definition) is 4. The standard InChI is InChI=1S/C26H26N2O2/c1-16(2)30-24-12-8-7-11-20(24)25-21(15-27)17(3)28-22-13-19(14-23(29)26(22)25)18-9-5-4-6-10-18/h4-13,16,19,25-26,28H,14H2,1-3H3. The normalized spacial score (nSPS) is 23.4. The van der Waals surface area contributed by atoms with Crippen LogP contribution in [0.4, 0.5) is 0 Å². The Morgan fingerprint density at radius 1 is 1.07 bits per heavy atom. The van der Waals surface area contributed by atoms with Gasteiger partial charge in [0, 0.05) is 35.2 Å². The number of benzene rings is 2. The van der Waals surface area contributed by atoms with Gasteiger partial charge in [0.15, 0.2) is 0 Å². The minimum absolute atomic E-state index is 0.00279. The van der Waals surface area contributed by atoms with Crippen LogP contribution in [0.3, 0.4) is 0 Å².